The van der Waals surface area contributed by atoms with Crippen molar-refractivity contribution >= 4 is 53.9 Å². The van der Waals surface area contributed by atoms with E-state index in [0.29, 0.717) is 5.82 Å². The van der Waals surface area contributed by atoms with Gasteiger partial charge >= 0.3 is 0 Å². The summed E-state index contributed by atoms with van der Waals surface area (Å²) in [5, 5.41) is 11.9. The third kappa shape index (κ3) is 5.06. The van der Waals surface area contributed by atoms with Gasteiger partial charge in [-0.05, 0) is 105 Å². The third-order valence-corrected chi connectivity index (χ3v) is 12.8. The molecule has 12 rings (SSSR count). The summed E-state index contributed by atoms with van der Waals surface area (Å²) in [5.41, 5.74) is 12.8. The fourth-order valence-corrected chi connectivity index (χ4v) is 10.1. The Kier molecular flexibility index (Phi) is 7.31. The molecule has 1 aromatic heterocycles. The van der Waals surface area contributed by atoms with Crippen LogP contribution in [0.2, 0.25) is 0 Å². The van der Waals surface area contributed by atoms with Crippen LogP contribution in [-0.4, -0.2) is 9.97 Å². The van der Waals surface area contributed by atoms with E-state index >= 15 is 0 Å². The number of rotatable bonds is 4. The Bertz CT molecular complexity index is 3370. The molecule has 2 nitrogen and oxygen atoms in total. The van der Waals surface area contributed by atoms with Gasteiger partial charge < -0.3 is 0 Å². The molecule has 1 aliphatic rings. The van der Waals surface area contributed by atoms with Crippen LogP contribution in [0.3, 0.4) is 0 Å². The second kappa shape index (κ2) is 12.8. The maximum Gasteiger partial charge on any atom is 0.161 e. The molecule has 10 aromatic carbocycles. The fourth-order valence-electron chi connectivity index (χ4n) is 10.1. The van der Waals surface area contributed by atoms with Crippen molar-refractivity contribution in [3.8, 4) is 56.2 Å². The second-order valence-corrected chi connectivity index (χ2v) is 16.5. The summed E-state index contributed by atoms with van der Waals surface area (Å²) in [6.45, 7) is 4.76. The largest absolute Gasteiger partial charge is 0.228 e. The predicted octanol–water partition coefficient (Wildman–Crippen LogP) is 15.2. The van der Waals surface area contributed by atoms with Gasteiger partial charge in [0.25, 0.3) is 0 Å². The van der Waals surface area contributed by atoms with E-state index < -0.39 is 0 Å². The Hall–Kier alpha value is -7.42. The molecule has 0 aliphatic heterocycles. The third-order valence-electron chi connectivity index (χ3n) is 12.8. The van der Waals surface area contributed by atoms with Crippen molar-refractivity contribution in [1.82, 2.24) is 9.97 Å². The van der Waals surface area contributed by atoms with E-state index in [2.05, 4.69) is 208 Å². The first kappa shape index (κ1) is 33.7. The van der Waals surface area contributed by atoms with Crippen LogP contribution in [0.5, 0.6) is 0 Å². The van der Waals surface area contributed by atoms with E-state index in [1.54, 1.807) is 0 Å². The van der Waals surface area contributed by atoms with E-state index in [1.807, 2.05) is 0 Å². The minimum absolute atomic E-state index is 0.149. The van der Waals surface area contributed by atoms with Crippen LogP contribution in [0.4, 0.5) is 0 Å². The molecular weight excluding hydrogens is 713 g/mol. The number of nitrogens with zero attached hydrogens (tertiary/aromatic N) is 2. The molecule has 0 spiro atoms. The van der Waals surface area contributed by atoms with Crippen LogP contribution in [0.25, 0.3) is 110 Å². The van der Waals surface area contributed by atoms with Crippen LogP contribution >= 0.6 is 0 Å². The summed E-state index contributed by atoms with van der Waals surface area (Å²) >= 11 is 0. The standard InChI is InChI=1S/C57H38N2/c1-57(2)49-31-15-30-47(54(49)48-32-37-18-3-4-19-38(37)33-50(48)57)53-43-24-9-11-26-45(43)55(46-27-12-10-25-44(46)53)56-58-51(41-28-13-20-35-16-5-7-22-39(35)41)34-52(59-56)42-29-14-21-36-17-6-8-23-40(36)42/h3-34H,1-2H3. The highest BCUT2D eigenvalue weighted by molar-refractivity contribution is 6.22. The van der Waals surface area contributed by atoms with E-state index in [4.69, 9.17) is 9.97 Å². The smallest absolute Gasteiger partial charge is 0.161 e. The zero-order valence-corrected chi connectivity index (χ0v) is 32.9. The maximum absolute atomic E-state index is 5.56. The molecule has 11 aromatic rings. The summed E-state index contributed by atoms with van der Waals surface area (Å²) < 4.78 is 0. The van der Waals surface area contributed by atoms with Crippen molar-refractivity contribution in [2.24, 2.45) is 0 Å². The summed E-state index contributed by atoms with van der Waals surface area (Å²) in [6.07, 6.45) is 0. The maximum atomic E-state index is 5.56. The zero-order chi connectivity index (χ0) is 39.2. The van der Waals surface area contributed by atoms with Gasteiger partial charge in [0.1, 0.15) is 0 Å². The normalized spacial score (nSPS) is 13.1. The Morgan fingerprint density at radius 2 is 0.729 bits per heavy atom. The number of fused-ring (bicyclic) bond motifs is 8. The SMILES string of the molecule is CC1(C)c2cc3ccccc3cc2-c2c(-c3c4ccccc4c(-c4nc(-c5cccc6ccccc56)cc(-c5cccc6ccccc56)n4)c4ccccc34)cccc21. The highest BCUT2D eigenvalue weighted by Crippen LogP contribution is 2.55. The summed E-state index contributed by atoms with van der Waals surface area (Å²) in [6, 6.07) is 70.7. The van der Waals surface area contributed by atoms with Crippen LogP contribution in [0.1, 0.15) is 25.0 Å². The topological polar surface area (TPSA) is 25.8 Å². The fraction of sp³-hybridized carbons (Fsp3) is 0.0526. The Morgan fingerprint density at radius 3 is 1.29 bits per heavy atom. The molecule has 0 bridgehead atoms. The van der Waals surface area contributed by atoms with Crippen molar-refractivity contribution in [2.75, 3.05) is 0 Å². The molecule has 0 radical (unpaired) electrons. The van der Waals surface area contributed by atoms with Crippen LogP contribution in [-0.2, 0) is 5.41 Å². The van der Waals surface area contributed by atoms with E-state index in [0.717, 1.165) is 38.9 Å². The van der Waals surface area contributed by atoms with Gasteiger partial charge in [-0.1, -0.05) is 190 Å². The van der Waals surface area contributed by atoms with E-state index in [9.17, 15) is 0 Å². The van der Waals surface area contributed by atoms with Gasteiger partial charge in [0.05, 0.1) is 11.4 Å². The van der Waals surface area contributed by atoms with Gasteiger partial charge in [-0.2, -0.15) is 0 Å². The summed E-state index contributed by atoms with van der Waals surface area (Å²) in [4.78, 5) is 11.1. The number of aromatic nitrogens is 2. The van der Waals surface area contributed by atoms with Crippen LogP contribution < -0.4 is 0 Å². The van der Waals surface area contributed by atoms with Crippen molar-refractivity contribution in [3.63, 3.8) is 0 Å². The van der Waals surface area contributed by atoms with Crippen molar-refractivity contribution in [1.29, 1.82) is 0 Å². The molecule has 0 N–H and O–H groups in total. The number of hydrogen-bond donors (Lipinski definition) is 0. The number of benzene rings is 10. The molecule has 0 atom stereocenters. The van der Waals surface area contributed by atoms with Crippen LogP contribution in [0.15, 0.2) is 194 Å². The average Bonchev–Trinajstić information content (AvgIpc) is 3.51. The lowest BCUT2D eigenvalue weighted by Gasteiger charge is -2.22. The molecular formula is C57H38N2. The monoisotopic (exact) mass is 750 g/mol. The molecule has 59 heavy (non-hydrogen) atoms. The lowest BCUT2D eigenvalue weighted by atomic mass is 9.81. The quantitative estimate of drug-likeness (QED) is 0.167. The lowest BCUT2D eigenvalue weighted by molar-refractivity contribution is 0.661. The molecule has 1 heterocycles. The second-order valence-electron chi connectivity index (χ2n) is 16.5. The Labute approximate surface area is 343 Å². The molecule has 0 saturated heterocycles. The Morgan fingerprint density at radius 1 is 0.305 bits per heavy atom. The number of hydrogen-bond acceptors (Lipinski definition) is 2. The molecule has 2 heteroatoms. The van der Waals surface area contributed by atoms with E-state index in [1.165, 1.54) is 76.5 Å². The predicted molar refractivity (Wildman–Crippen MR) is 249 cm³/mol. The Balaban J connectivity index is 1.18. The first-order valence-corrected chi connectivity index (χ1v) is 20.5. The molecule has 0 amide bonds. The van der Waals surface area contributed by atoms with E-state index in [-0.39, 0.29) is 5.41 Å². The zero-order valence-electron chi connectivity index (χ0n) is 32.9. The molecule has 276 valence electrons. The molecule has 1 aliphatic carbocycles. The van der Waals surface area contributed by atoms with Gasteiger partial charge in [0.2, 0.25) is 0 Å². The van der Waals surface area contributed by atoms with Gasteiger partial charge in [0.15, 0.2) is 5.82 Å². The summed E-state index contributed by atoms with van der Waals surface area (Å²) in [7, 11) is 0. The highest BCUT2D eigenvalue weighted by Gasteiger charge is 2.37. The van der Waals surface area contributed by atoms with Gasteiger partial charge in [0, 0.05) is 22.1 Å². The minimum atomic E-state index is -0.149. The summed E-state index contributed by atoms with van der Waals surface area (Å²) in [5.74, 6) is 0.716. The van der Waals surface area contributed by atoms with Crippen molar-refractivity contribution < 1.29 is 0 Å². The highest BCUT2D eigenvalue weighted by atomic mass is 14.9. The van der Waals surface area contributed by atoms with Crippen molar-refractivity contribution in [3.05, 3.63) is 205 Å². The minimum Gasteiger partial charge on any atom is -0.228 e. The molecule has 0 saturated carbocycles. The van der Waals surface area contributed by atoms with Crippen LogP contribution in [0, 0.1) is 0 Å². The van der Waals surface area contributed by atoms with Gasteiger partial charge in [-0.3, -0.25) is 0 Å². The average molecular weight is 751 g/mol. The molecule has 0 fully saturated rings. The lowest BCUT2D eigenvalue weighted by Crippen LogP contribution is -2.14. The van der Waals surface area contributed by atoms with Gasteiger partial charge in [-0.25, -0.2) is 9.97 Å². The first-order chi connectivity index (χ1) is 29.0. The molecule has 0 unspecified atom stereocenters. The van der Waals surface area contributed by atoms with Crippen molar-refractivity contribution in [2.45, 2.75) is 19.3 Å². The first-order valence-electron chi connectivity index (χ1n) is 20.5. The van der Waals surface area contributed by atoms with Gasteiger partial charge in [-0.15, -0.1) is 0 Å².